The summed E-state index contributed by atoms with van der Waals surface area (Å²) in [7, 11) is 1.89. The van der Waals surface area contributed by atoms with Gasteiger partial charge in [0.15, 0.2) is 5.78 Å². The Morgan fingerprint density at radius 3 is 2.93 bits per heavy atom. The van der Waals surface area contributed by atoms with E-state index in [1.54, 1.807) is 6.07 Å². The Kier molecular flexibility index (Phi) is 2.50. The van der Waals surface area contributed by atoms with Crippen molar-refractivity contribution in [3.8, 4) is 0 Å². The highest BCUT2D eigenvalue weighted by molar-refractivity contribution is 6.35. The van der Waals surface area contributed by atoms with E-state index < -0.39 is 0 Å². The minimum Gasteiger partial charge on any atom is -0.349 e. The summed E-state index contributed by atoms with van der Waals surface area (Å²) in [5.74, 6) is -0.0609. The van der Waals surface area contributed by atoms with E-state index in [0.29, 0.717) is 10.6 Å². The van der Waals surface area contributed by atoms with Crippen molar-refractivity contribution in [2.45, 2.75) is 0 Å². The average molecular weight is 223 g/mol. The predicted molar refractivity (Wildman–Crippen MR) is 61.3 cm³/mol. The zero-order chi connectivity index (χ0) is 11.0. The first-order chi connectivity index (χ1) is 7.13. The molecule has 0 bridgehead atoms. The van der Waals surface area contributed by atoms with Crippen molar-refractivity contribution in [2.75, 3.05) is 6.54 Å². The van der Waals surface area contributed by atoms with Crippen molar-refractivity contribution < 1.29 is 4.79 Å². The van der Waals surface area contributed by atoms with Crippen molar-refractivity contribution in [1.29, 1.82) is 0 Å². The maximum Gasteiger partial charge on any atom is 0.176 e. The highest BCUT2D eigenvalue weighted by Crippen LogP contribution is 2.25. The number of hydrogen-bond acceptors (Lipinski definition) is 2. The van der Waals surface area contributed by atoms with E-state index in [0.717, 1.165) is 10.9 Å². The normalized spacial score (nSPS) is 10.9. The summed E-state index contributed by atoms with van der Waals surface area (Å²) < 4.78 is 1.89. The van der Waals surface area contributed by atoms with Crippen molar-refractivity contribution in [2.24, 2.45) is 12.8 Å². The standard InChI is InChI=1S/C11H11ClN2O/c1-14-6-9(12)8-3-2-7(4-10(8)14)11(15)5-13/h2-4,6H,5,13H2,1H3. The second-order valence-corrected chi connectivity index (χ2v) is 3.85. The quantitative estimate of drug-likeness (QED) is 0.790. The van der Waals surface area contributed by atoms with Crippen LogP contribution >= 0.6 is 11.6 Å². The molecule has 0 amide bonds. The molecule has 2 N–H and O–H groups in total. The summed E-state index contributed by atoms with van der Waals surface area (Å²) in [6.45, 7) is 0.0314. The number of rotatable bonds is 2. The van der Waals surface area contributed by atoms with Crippen LogP contribution in [0.2, 0.25) is 5.02 Å². The molecule has 0 aliphatic rings. The molecule has 0 unspecified atom stereocenters. The lowest BCUT2D eigenvalue weighted by atomic mass is 10.1. The lowest BCUT2D eigenvalue weighted by molar-refractivity contribution is 0.100. The summed E-state index contributed by atoms with van der Waals surface area (Å²) in [4.78, 5) is 11.4. The van der Waals surface area contributed by atoms with Gasteiger partial charge in [-0.2, -0.15) is 0 Å². The van der Waals surface area contributed by atoms with E-state index >= 15 is 0 Å². The van der Waals surface area contributed by atoms with Crippen LogP contribution in [0.4, 0.5) is 0 Å². The summed E-state index contributed by atoms with van der Waals surface area (Å²) in [6, 6.07) is 5.42. The number of carbonyl (C=O) groups excluding carboxylic acids is 1. The maximum absolute atomic E-state index is 11.4. The molecule has 4 heteroatoms. The zero-order valence-electron chi connectivity index (χ0n) is 8.33. The first kappa shape index (κ1) is 10.2. The number of fused-ring (bicyclic) bond motifs is 1. The monoisotopic (exact) mass is 222 g/mol. The van der Waals surface area contributed by atoms with Gasteiger partial charge in [0.1, 0.15) is 0 Å². The number of aromatic nitrogens is 1. The Balaban J connectivity index is 2.65. The lowest BCUT2D eigenvalue weighted by Crippen LogP contribution is -2.13. The van der Waals surface area contributed by atoms with E-state index in [2.05, 4.69) is 0 Å². The number of aryl methyl sites for hydroxylation is 1. The summed E-state index contributed by atoms with van der Waals surface area (Å²) in [5, 5.41) is 1.65. The van der Waals surface area contributed by atoms with Crippen molar-refractivity contribution in [3.63, 3.8) is 0 Å². The van der Waals surface area contributed by atoms with Crippen LogP contribution in [0.15, 0.2) is 24.4 Å². The SMILES string of the molecule is Cn1cc(Cl)c2ccc(C(=O)CN)cc21. The molecule has 0 atom stereocenters. The van der Waals surface area contributed by atoms with Crippen LogP contribution in [-0.4, -0.2) is 16.9 Å². The number of ketones is 1. The molecule has 0 saturated heterocycles. The van der Waals surface area contributed by atoms with E-state index in [4.69, 9.17) is 17.3 Å². The number of hydrogen-bond donors (Lipinski definition) is 1. The second-order valence-electron chi connectivity index (χ2n) is 3.45. The molecular formula is C11H11ClN2O. The fourth-order valence-electron chi connectivity index (χ4n) is 1.63. The summed E-state index contributed by atoms with van der Waals surface area (Å²) in [5.41, 5.74) is 6.88. The summed E-state index contributed by atoms with van der Waals surface area (Å²) in [6.07, 6.45) is 1.82. The molecule has 2 rings (SSSR count). The van der Waals surface area contributed by atoms with Crippen molar-refractivity contribution in [1.82, 2.24) is 4.57 Å². The molecule has 0 radical (unpaired) electrons. The van der Waals surface area contributed by atoms with Gasteiger partial charge in [0, 0.05) is 24.2 Å². The molecule has 1 heterocycles. The molecule has 0 aliphatic heterocycles. The number of benzene rings is 1. The number of halogens is 1. The van der Waals surface area contributed by atoms with Crippen molar-refractivity contribution >= 4 is 28.3 Å². The van der Waals surface area contributed by atoms with Crippen LogP contribution in [0.5, 0.6) is 0 Å². The first-order valence-corrected chi connectivity index (χ1v) is 4.99. The molecule has 3 nitrogen and oxygen atoms in total. The molecule has 1 aromatic carbocycles. The third-order valence-corrected chi connectivity index (χ3v) is 2.75. The molecule has 15 heavy (non-hydrogen) atoms. The topological polar surface area (TPSA) is 48.0 Å². The molecule has 0 spiro atoms. The average Bonchev–Trinajstić information content (AvgIpc) is 2.53. The highest BCUT2D eigenvalue weighted by Gasteiger charge is 2.08. The van der Waals surface area contributed by atoms with Crippen molar-refractivity contribution in [3.05, 3.63) is 35.0 Å². The van der Waals surface area contributed by atoms with Gasteiger partial charge in [-0.25, -0.2) is 0 Å². The second kappa shape index (κ2) is 3.68. The van der Waals surface area contributed by atoms with Crippen LogP contribution in [0.1, 0.15) is 10.4 Å². The van der Waals surface area contributed by atoms with E-state index in [1.807, 2.05) is 29.9 Å². The van der Waals surface area contributed by atoms with Gasteiger partial charge in [-0.3, -0.25) is 4.79 Å². The van der Waals surface area contributed by atoms with Crippen LogP contribution in [0.3, 0.4) is 0 Å². The number of Topliss-reactive ketones (excluding diaryl/α,β-unsaturated/α-hetero) is 1. The fraction of sp³-hybridized carbons (Fsp3) is 0.182. The molecule has 1 aromatic heterocycles. The molecular weight excluding hydrogens is 212 g/mol. The molecule has 2 aromatic rings. The minimum absolute atomic E-state index is 0.0314. The first-order valence-electron chi connectivity index (χ1n) is 4.61. The Labute approximate surface area is 92.4 Å². The summed E-state index contributed by atoms with van der Waals surface area (Å²) >= 11 is 6.01. The third-order valence-electron chi connectivity index (χ3n) is 2.45. The van der Waals surface area contributed by atoms with Gasteiger partial charge in [0.2, 0.25) is 0 Å². The predicted octanol–water partition coefficient (Wildman–Crippen LogP) is 1.97. The largest absolute Gasteiger partial charge is 0.349 e. The molecule has 0 saturated carbocycles. The fourth-order valence-corrected chi connectivity index (χ4v) is 1.93. The van der Waals surface area contributed by atoms with Crippen LogP contribution < -0.4 is 5.73 Å². The number of carbonyl (C=O) groups is 1. The zero-order valence-corrected chi connectivity index (χ0v) is 9.08. The smallest absolute Gasteiger partial charge is 0.176 e. The van der Waals surface area contributed by atoms with E-state index in [9.17, 15) is 4.79 Å². The molecule has 0 fully saturated rings. The maximum atomic E-state index is 11.4. The van der Waals surface area contributed by atoms with E-state index in [-0.39, 0.29) is 12.3 Å². The van der Waals surface area contributed by atoms with Gasteiger partial charge in [-0.15, -0.1) is 0 Å². The van der Waals surface area contributed by atoms with Gasteiger partial charge in [-0.1, -0.05) is 23.7 Å². The van der Waals surface area contributed by atoms with Gasteiger partial charge in [0.25, 0.3) is 0 Å². The Morgan fingerprint density at radius 2 is 2.27 bits per heavy atom. The highest BCUT2D eigenvalue weighted by atomic mass is 35.5. The third kappa shape index (κ3) is 1.64. The number of nitrogens with zero attached hydrogens (tertiary/aromatic N) is 1. The molecule has 78 valence electrons. The van der Waals surface area contributed by atoms with Crippen LogP contribution in [0.25, 0.3) is 10.9 Å². The minimum atomic E-state index is -0.0609. The van der Waals surface area contributed by atoms with Crippen LogP contribution in [0, 0.1) is 0 Å². The van der Waals surface area contributed by atoms with Gasteiger partial charge in [0.05, 0.1) is 17.1 Å². The van der Waals surface area contributed by atoms with Gasteiger partial charge < -0.3 is 10.3 Å². The lowest BCUT2D eigenvalue weighted by Gasteiger charge is -2.00. The van der Waals surface area contributed by atoms with Gasteiger partial charge in [-0.05, 0) is 6.07 Å². The molecule has 0 aliphatic carbocycles. The Hall–Kier alpha value is -1.32. The van der Waals surface area contributed by atoms with Crippen LogP contribution in [-0.2, 0) is 7.05 Å². The number of nitrogens with two attached hydrogens (primary N) is 1. The van der Waals surface area contributed by atoms with E-state index in [1.165, 1.54) is 0 Å². The Morgan fingerprint density at radius 1 is 1.53 bits per heavy atom. The van der Waals surface area contributed by atoms with Gasteiger partial charge >= 0.3 is 0 Å². The Bertz CT molecular complexity index is 531.